The maximum absolute atomic E-state index is 12.8. The molecule has 0 saturated heterocycles. The number of hydrogen-bond acceptors (Lipinski definition) is 3. The first-order chi connectivity index (χ1) is 7.45. The van der Waals surface area contributed by atoms with E-state index in [-0.39, 0.29) is 5.56 Å². The van der Waals surface area contributed by atoms with Gasteiger partial charge in [0.15, 0.2) is 5.95 Å². The number of halogens is 3. The van der Waals surface area contributed by atoms with Gasteiger partial charge in [-0.1, -0.05) is 0 Å². The third-order valence-corrected chi connectivity index (χ3v) is 1.91. The molecule has 1 rings (SSSR count). The van der Waals surface area contributed by atoms with Crippen LogP contribution >= 0.6 is 0 Å². The standard InChI is InChI=1S/C9H8F3NO3/c1-16-6(14)3-4-2-5(10)13-9(15)7(4)8(11)12/h2,8H,3H2,1H3,(H,13,15). The number of ether oxygens (including phenoxy) is 1. The van der Waals surface area contributed by atoms with Crippen molar-refractivity contribution < 1.29 is 22.7 Å². The van der Waals surface area contributed by atoms with Crippen LogP contribution in [0.1, 0.15) is 17.6 Å². The molecule has 0 amide bonds. The van der Waals surface area contributed by atoms with Crippen LogP contribution in [0.5, 0.6) is 0 Å². The molecule has 16 heavy (non-hydrogen) atoms. The summed E-state index contributed by atoms with van der Waals surface area (Å²) < 4.78 is 42.0. The van der Waals surface area contributed by atoms with Crippen LogP contribution in [-0.2, 0) is 16.0 Å². The van der Waals surface area contributed by atoms with Crippen LogP contribution in [0.25, 0.3) is 0 Å². The van der Waals surface area contributed by atoms with E-state index in [4.69, 9.17) is 0 Å². The minimum Gasteiger partial charge on any atom is -0.469 e. The number of esters is 1. The second-order valence-electron chi connectivity index (χ2n) is 2.94. The minimum absolute atomic E-state index is 0.372. The first-order valence-electron chi connectivity index (χ1n) is 4.22. The maximum atomic E-state index is 12.8. The molecule has 1 aromatic heterocycles. The van der Waals surface area contributed by atoms with Crippen molar-refractivity contribution in [3.8, 4) is 0 Å². The molecule has 0 atom stereocenters. The summed E-state index contributed by atoms with van der Waals surface area (Å²) in [6.45, 7) is 0. The van der Waals surface area contributed by atoms with E-state index >= 15 is 0 Å². The van der Waals surface area contributed by atoms with Gasteiger partial charge in [0.25, 0.3) is 12.0 Å². The summed E-state index contributed by atoms with van der Waals surface area (Å²) in [5.41, 5.74) is -2.52. The lowest BCUT2D eigenvalue weighted by molar-refractivity contribution is -0.139. The number of carbonyl (C=O) groups is 1. The third-order valence-electron chi connectivity index (χ3n) is 1.91. The summed E-state index contributed by atoms with van der Waals surface area (Å²) in [6, 6.07) is 0.680. The number of alkyl halides is 2. The highest BCUT2D eigenvalue weighted by Gasteiger charge is 2.20. The zero-order valence-corrected chi connectivity index (χ0v) is 8.22. The van der Waals surface area contributed by atoms with E-state index in [1.807, 2.05) is 0 Å². The SMILES string of the molecule is COC(=O)Cc1cc(F)[nH]c(=O)c1C(F)F. The quantitative estimate of drug-likeness (QED) is 0.631. The Morgan fingerprint density at radius 2 is 2.19 bits per heavy atom. The molecule has 4 nitrogen and oxygen atoms in total. The largest absolute Gasteiger partial charge is 0.469 e. The molecule has 0 radical (unpaired) electrons. The zero-order chi connectivity index (χ0) is 12.3. The van der Waals surface area contributed by atoms with E-state index in [9.17, 15) is 22.8 Å². The fourth-order valence-corrected chi connectivity index (χ4v) is 1.20. The second kappa shape index (κ2) is 4.82. The van der Waals surface area contributed by atoms with Crippen LogP contribution in [0.15, 0.2) is 10.9 Å². The molecule has 0 unspecified atom stereocenters. The summed E-state index contributed by atoms with van der Waals surface area (Å²) in [4.78, 5) is 23.5. The van der Waals surface area contributed by atoms with Gasteiger partial charge in [-0.3, -0.25) is 14.6 Å². The van der Waals surface area contributed by atoms with Gasteiger partial charge in [-0.25, -0.2) is 8.78 Å². The molecule has 0 spiro atoms. The van der Waals surface area contributed by atoms with E-state index in [0.29, 0.717) is 6.07 Å². The van der Waals surface area contributed by atoms with Crippen LogP contribution in [-0.4, -0.2) is 18.1 Å². The number of aromatic nitrogens is 1. The third kappa shape index (κ3) is 2.62. The molecule has 0 bridgehead atoms. The predicted octanol–water partition coefficient (Wildman–Crippen LogP) is 1.17. The van der Waals surface area contributed by atoms with Crippen molar-refractivity contribution in [3.63, 3.8) is 0 Å². The summed E-state index contributed by atoms with van der Waals surface area (Å²) in [6.07, 6.45) is -3.65. The topological polar surface area (TPSA) is 59.2 Å². The first kappa shape index (κ1) is 12.3. The van der Waals surface area contributed by atoms with Gasteiger partial charge in [0, 0.05) is 0 Å². The van der Waals surface area contributed by atoms with Crippen molar-refractivity contribution in [1.82, 2.24) is 4.98 Å². The van der Waals surface area contributed by atoms with Crippen LogP contribution in [0.4, 0.5) is 13.2 Å². The molecule has 1 heterocycles. The van der Waals surface area contributed by atoms with E-state index in [2.05, 4.69) is 4.74 Å². The Balaban J connectivity index is 3.24. The van der Waals surface area contributed by atoms with Crippen molar-refractivity contribution in [2.45, 2.75) is 12.8 Å². The summed E-state index contributed by atoms with van der Waals surface area (Å²) in [5, 5.41) is 0. The smallest absolute Gasteiger partial charge is 0.309 e. The fourth-order valence-electron chi connectivity index (χ4n) is 1.20. The minimum atomic E-state index is -3.08. The second-order valence-corrected chi connectivity index (χ2v) is 2.94. The van der Waals surface area contributed by atoms with E-state index in [1.165, 1.54) is 0 Å². The molecule has 0 saturated carbocycles. The Kier molecular flexibility index (Phi) is 3.70. The number of carbonyl (C=O) groups excluding carboxylic acids is 1. The monoisotopic (exact) mass is 235 g/mol. The molecule has 1 aromatic rings. The Bertz CT molecular complexity index is 456. The van der Waals surface area contributed by atoms with Gasteiger partial charge in [-0.05, 0) is 11.6 Å². The number of nitrogens with one attached hydrogen (secondary N) is 1. The molecule has 0 aliphatic heterocycles. The molecule has 0 aromatic carbocycles. The number of pyridine rings is 1. The number of methoxy groups -OCH3 is 1. The number of H-pyrrole nitrogens is 1. The predicted molar refractivity (Wildman–Crippen MR) is 47.7 cm³/mol. The van der Waals surface area contributed by atoms with E-state index in [1.54, 1.807) is 4.98 Å². The molecule has 0 fully saturated rings. The molecule has 0 aliphatic carbocycles. The normalized spacial score (nSPS) is 10.6. The Labute approximate surface area is 88.0 Å². The van der Waals surface area contributed by atoms with Crippen molar-refractivity contribution in [1.29, 1.82) is 0 Å². The molecule has 7 heteroatoms. The lowest BCUT2D eigenvalue weighted by Crippen LogP contribution is -2.19. The van der Waals surface area contributed by atoms with Gasteiger partial charge in [-0.2, -0.15) is 4.39 Å². The molecule has 0 aliphatic rings. The number of rotatable bonds is 3. The first-order valence-corrected chi connectivity index (χ1v) is 4.22. The number of aromatic amines is 1. The van der Waals surface area contributed by atoms with Crippen molar-refractivity contribution in [3.05, 3.63) is 33.5 Å². The van der Waals surface area contributed by atoms with Gasteiger partial charge in [0.05, 0.1) is 19.1 Å². The van der Waals surface area contributed by atoms with Gasteiger partial charge in [-0.15, -0.1) is 0 Å². The van der Waals surface area contributed by atoms with E-state index in [0.717, 1.165) is 7.11 Å². The van der Waals surface area contributed by atoms with Gasteiger partial charge in [0.2, 0.25) is 0 Å². The summed E-state index contributed by atoms with van der Waals surface area (Å²) in [7, 11) is 1.06. The average Bonchev–Trinajstić information content (AvgIpc) is 2.15. The van der Waals surface area contributed by atoms with Crippen molar-refractivity contribution in [2.24, 2.45) is 0 Å². The molecule has 88 valence electrons. The van der Waals surface area contributed by atoms with Crippen LogP contribution < -0.4 is 5.56 Å². The average molecular weight is 235 g/mol. The summed E-state index contributed by atoms with van der Waals surface area (Å²) in [5.74, 6) is -1.90. The highest BCUT2D eigenvalue weighted by Crippen LogP contribution is 2.19. The van der Waals surface area contributed by atoms with Gasteiger partial charge < -0.3 is 4.74 Å². The highest BCUT2D eigenvalue weighted by atomic mass is 19.3. The molecular formula is C9H8F3NO3. The van der Waals surface area contributed by atoms with Crippen LogP contribution in [0, 0.1) is 5.95 Å². The molecule has 1 N–H and O–H groups in total. The Morgan fingerprint density at radius 3 is 2.69 bits per heavy atom. The Hall–Kier alpha value is -1.79. The zero-order valence-electron chi connectivity index (χ0n) is 8.22. The highest BCUT2D eigenvalue weighted by molar-refractivity contribution is 5.72. The Morgan fingerprint density at radius 1 is 1.56 bits per heavy atom. The van der Waals surface area contributed by atoms with Gasteiger partial charge in [0.1, 0.15) is 0 Å². The van der Waals surface area contributed by atoms with Crippen molar-refractivity contribution in [2.75, 3.05) is 7.11 Å². The fraction of sp³-hybridized carbons (Fsp3) is 0.333. The lowest BCUT2D eigenvalue weighted by Gasteiger charge is -2.06. The lowest BCUT2D eigenvalue weighted by atomic mass is 10.1. The van der Waals surface area contributed by atoms with Gasteiger partial charge >= 0.3 is 5.97 Å². The molecular weight excluding hydrogens is 227 g/mol. The van der Waals surface area contributed by atoms with Crippen LogP contribution in [0.2, 0.25) is 0 Å². The number of hydrogen-bond donors (Lipinski definition) is 1. The van der Waals surface area contributed by atoms with Crippen LogP contribution in [0.3, 0.4) is 0 Å². The summed E-state index contributed by atoms with van der Waals surface area (Å²) >= 11 is 0. The van der Waals surface area contributed by atoms with Crippen molar-refractivity contribution >= 4 is 5.97 Å². The van der Waals surface area contributed by atoms with E-state index < -0.39 is 35.9 Å². The maximum Gasteiger partial charge on any atom is 0.309 e.